The smallest absolute Gasteiger partial charge is 0.343 e. The number of nitrogens with zero attached hydrogens (tertiary/aromatic N) is 1. The van der Waals surface area contributed by atoms with Crippen molar-refractivity contribution in [1.29, 1.82) is 0 Å². The summed E-state index contributed by atoms with van der Waals surface area (Å²) in [6, 6.07) is 3.63. The van der Waals surface area contributed by atoms with Gasteiger partial charge in [0, 0.05) is 11.6 Å². The molecule has 0 fully saturated rings. The zero-order valence-electron chi connectivity index (χ0n) is 17.5. The lowest BCUT2D eigenvalue weighted by Gasteiger charge is -2.25. The van der Waals surface area contributed by atoms with Gasteiger partial charge in [-0.25, -0.2) is 4.57 Å². The van der Waals surface area contributed by atoms with Crippen molar-refractivity contribution in [2.45, 2.75) is 95.9 Å². The lowest BCUT2D eigenvalue weighted by molar-refractivity contribution is -0.695. The number of pyridine rings is 1. The Morgan fingerprint density at radius 2 is 1.45 bits per heavy atom. The first-order valence-electron chi connectivity index (χ1n) is 10.7. The fourth-order valence-electron chi connectivity index (χ4n) is 3.42. The molecule has 1 rings (SSSR count). The first-order chi connectivity index (χ1) is 13.6. The van der Waals surface area contributed by atoms with Crippen LogP contribution < -0.4 is 9.46 Å². The third kappa shape index (κ3) is 12.0. The van der Waals surface area contributed by atoms with Crippen LogP contribution in [0.2, 0.25) is 0 Å². The van der Waals surface area contributed by atoms with Gasteiger partial charge in [-0.3, -0.25) is 4.57 Å². The zero-order valence-corrected chi connectivity index (χ0v) is 19.3. The van der Waals surface area contributed by atoms with E-state index in [9.17, 15) is 23.8 Å². The fourth-order valence-corrected chi connectivity index (χ4v) is 5.74. The van der Waals surface area contributed by atoms with Crippen molar-refractivity contribution in [2.24, 2.45) is 0 Å². The molecule has 0 aliphatic carbocycles. The van der Waals surface area contributed by atoms with Crippen LogP contribution in [-0.4, -0.2) is 20.1 Å². The predicted molar refractivity (Wildman–Crippen MR) is 112 cm³/mol. The molecule has 0 spiro atoms. The van der Waals surface area contributed by atoms with Crippen LogP contribution in [0.15, 0.2) is 24.5 Å². The Morgan fingerprint density at radius 3 is 1.93 bits per heavy atom. The first kappa shape index (κ1) is 26.5. The van der Waals surface area contributed by atoms with Gasteiger partial charge < -0.3 is 24.1 Å². The van der Waals surface area contributed by atoms with Crippen LogP contribution in [0.5, 0.6) is 0 Å². The molecule has 0 aliphatic rings. The Bertz CT molecular complexity index is 651. The maximum absolute atomic E-state index is 11.4. The molecule has 29 heavy (non-hydrogen) atoms. The first-order valence-corrected chi connectivity index (χ1v) is 14.0. The number of rotatable bonds is 16. The highest BCUT2D eigenvalue weighted by atomic mass is 31.2. The molecule has 0 radical (unpaired) electrons. The lowest BCUT2D eigenvalue weighted by Crippen LogP contribution is -2.40. The van der Waals surface area contributed by atoms with Gasteiger partial charge in [-0.05, 0) is 18.9 Å². The van der Waals surface area contributed by atoms with E-state index in [1.807, 2.05) is 6.07 Å². The number of hydrogen-bond donors (Lipinski definition) is 3. The summed E-state index contributed by atoms with van der Waals surface area (Å²) in [5, 5.41) is -2.13. The summed E-state index contributed by atoms with van der Waals surface area (Å²) in [7, 11) is -10.1. The highest BCUT2D eigenvalue weighted by Crippen LogP contribution is 2.57. The van der Waals surface area contributed by atoms with Gasteiger partial charge >= 0.3 is 7.60 Å². The third-order valence-corrected chi connectivity index (χ3v) is 8.76. The molecule has 0 bridgehead atoms. The van der Waals surface area contributed by atoms with Gasteiger partial charge in [0.2, 0.25) is 0 Å². The minimum Gasteiger partial charge on any atom is -0.778 e. The van der Waals surface area contributed by atoms with Crippen LogP contribution in [-0.2, 0) is 22.1 Å². The van der Waals surface area contributed by atoms with E-state index in [2.05, 4.69) is 6.92 Å². The molecule has 168 valence electrons. The molecule has 1 aromatic heterocycles. The fraction of sp³-hybridized carbons (Fsp3) is 0.750. The van der Waals surface area contributed by atoms with Gasteiger partial charge in [-0.15, -0.1) is 0 Å². The van der Waals surface area contributed by atoms with E-state index in [4.69, 9.17) is 4.89 Å². The third-order valence-electron chi connectivity index (χ3n) is 5.13. The van der Waals surface area contributed by atoms with Crippen molar-refractivity contribution in [3.63, 3.8) is 0 Å². The van der Waals surface area contributed by atoms with Gasteiger partial charge in [-0.1, -0.05) is 71.1 Å². The Kier molecular flexibility index (Phi) is 12.5. The molecule has 0 aliphatic heterocycles. The van der Waals surface area contributed by atoms with Crippen LogP contribution in [0.1, 0.15) is 83.1 Å². The highest BCUT2D eigenvalue weighted by Gasteiger charge is 2.40. The summed E-state index contributed by atoms with van der Waals surface area (Å²) >= 11 is 0. The SMILES string of the molecule is CCCCCCCCCCCCCc1ccc[n+](CC(P(=O)([O-])O)P(=O)(O)O)c1. The Labute approximate surface area is 174 Å². The van der Waals surface area contributed by atoms with E-state index in [0.717, 1.165) is 24.8 Å². The van der Waals surface area contributed by atoms with E-state index < -0.39 is 27.1 Å². The Balaban J connectivity index is 2.32. The Morgan fingerprint density at radius 1 is 0.931 bits per heavy atom. The largest absolute Gasteiger partial charge is 0.778 e. The second-order valence-corrected chi connectivity index (χ2v) is 11.8. The summed E-state index contributed by atoms with van der Waals surface area (Å²) < 4.78 is 24.1. The monoisotopic (exact) mass is 449 g/mol. The van der Waals surface area contributed by atoms with Gasteiger partial charge in [0.25, 0.3) is 0 Å². The van der Waals surface area contributed by atoms with Crippen molar-refractivity contribution in [2.75, 3.05) is 0 Å². The average molecular weight is 449 g/mol. The number of aromatic nitrogens is 1. The molecule has 0 saturated carbocycles. The van der Waals surface area contributed by atoms with Crippen molar-refractivity contribution >= 4 is 15.2 Å². The summed E-state index contributed by atoms with van der Waals surface area (Å²) in [6.45, 7) is 1.75. The van der Waals surface area contributed by atoms with Crippen LogP contribution in [0.25, 0.3) is 0 Å². The number of hydrogen-bond acceptors (Lipinski definition) is 3. The van der Waals surface area contributed by atoms with Crippen LogP contribution >= 0.6 is 15.2 Å². The number of aryl methyl sites for hydroxylation is 1. The molecule has 1 aromatic rings. The molecule has 9 heteroatoms. The second-order valence-electron chi connectivity index (χ2n) is 7.83. The summed E-state index contributed by atoms with van der Waals surface area (Å²) in [5.74, 6) is 0. The highest BCUT2D eigenvalue weighted by molar-refractivity contribution is 7.70. The van der Waals surface area contributed by atoms with E-state index in [1.54, 1.807) is 18.5 Å². The molecular weight excluding hydrogens is 412 g/mol. The van der Waals surface area contributed by atoms with Crippen molar-refractivity contribution in [1.82, 2.24) is 0 Å². The normalized spacial score (nSPS) is 15.2. The summed E-state index contributed by atoms with van der Waals surface area (Å²) in [4.78, 5) is 38.9. The van der Waals surface area contributed by atoms with Gasteiger partial charge in [0.05, 0.1) is 0 Å². The van der Waals surface area contributed by atoms with Crippen molar-refractivity contribution < 1.29 is 33.3 Å². The minimum atomic E-state index is -5.16. The molecule has 0 saturated heterocycles. The molecule has 7 nitrogen and oxygen atoms in total. The molecular formula is C20H37NO6P2. The quantitative estimate of drug-likeness (QED) is 0.200. The molecule has 2 unspecified atom stereocenters. The van der Waals surface area contributed by atoms with Gasteiger partial charge in [-0.2, -0.15) is 0 Å². The standard InChI is InChI=1S/C20H37NO6P2/c1-2-3-4-5-6-7-8-9-10-11-12-14-19-15-13-16-21(17-19)18-20(28(22,23)24)29(25,26)27/h13,15-17,20H,2-12,14,18H2,1H3,(H3-,22,23,24,25,26,27). The molecule has 1 heterocycles. The van der Waals surface area contributed by atoms with E-state index in [0.29, 0.717) is 0 Å². The van der Waals surface area contributed by atoms with Crippen molar-refractivity contribution in [3.05, 3.63) is 30.1 Å². The van der Waals surface area contributed by atoms with E-state index in [1.165, 1.54) is 62.4 Å². The number of unbranched alkanes of at least 4 members (excludes halogenated alkanes) is 10. The lowest BCUT2D eigenvalue weighted by atomic mass is 10.0. The van der Waals surface area contributed by atoms with E-state index in [-0.39, 0.29) is 0 Å². The van der Waals surface area contributed by atoms with Gasteiger partial charge in [0.15, 0.2) is 31.9 Å². The minimum absolute atomic E-state index is 0.479. The zero-order chi connectivity index (χ0) is 21.8. The van der Waals surface area contributed by atoms with Crippen LogP contribution in [0.3, 0.4) is 0 Å². The predicted octanol–water partition coefficient (Wildman–Crippen LogP) is 3.88. The van der Waals surface area contributed by atoms with Crippen LogP contribution in [0, 0.1) is 0 Å². The summed E-state index contributed by atoms with van der Waals surface area (Å²) in [5.41, 5.74) is 0.978. The van der Waals surface area contributed by atoms with Gasteiger partial charge in [0.1, 0.15) is 0 Å². The maximum atomic E-state index is 11.4. The molecule has 3 N–H and O–H groups in total. The molecule has 0 aromatic carbocycles. The Hall–Kier alpha value is -0.550. The topological polar surface area (TPSA) is 122 Å². The molecule has 2 atom stereocenters. The molecule has 0 amide bonds. The maximum Gasteiger partial charge on any atom is 0.343 e. The summed E-state index contributed by atoms with van der Waals surface area (Å²) in [6.07, 6.45) is 17.9. The van der Waals surface area contributed by atoms with Crippen molar-refractivity contribution in [3.8, 4) is 0 Å². The average Bonchev–Trinajstić information content (AvgIpc) is 2.63. The van der Waals surface area contributed by atoms with E-state index >= 15 is 0 Å². The van der Waals surface area contributed by atoms with Crippen LogP contribution in [0.4, 0.5) is 0 Å². The second kappa shape index (κ2) is 13.7.